The van der Waals surface area contributed by atoms with Crippen LogP contribution in [0.4, 0.5) is 0 Å². The lowest BCUT2D eigenvalue weighted by Crippen LogP contribution is -2.41. The second-order valence-corrected chi connectivity index (χ2v) is 10.9. The summed E-state index contributed by atoms with van der Waals surface area (Å²) in [5, 5.41) is 2.10. The van der Waals surface area contributed by atoms with Crippen LogP contribution < -0.4 is 0 Å². The van der Waals surface area contributed by atoms with E-state index in [9.17, 15) is 0 Å². The van der Waals surface area contributed by atoms with E-state index < -0.39 is 36.6 Å². The predicted molar refractivity (Wildman–Crippen MR) is 135 cm³/mol. The highest BCUT2D eigenvalue weighted by atomic mass is 16.7. The van der Waals surface area contributed by atoms with Crippen LogP contribution in [0, 0.1) is 30.4 Å². The maximum Gasteiger partial charge on any atom is 0.551 e. The first-order valence-corrected chi connectivity index (χ1v) is 11.5. The van der Waals surface area contributed by atoms with Gasteiger partial charge in [0.25, 0.3) is 0 Å². The fourth-order valence-corrected chi connectivity index (χ4v) is 3.86. The number of hydrogen-bond donors (Lipinski definition) is 0. The minimum atomic E-state index is -0.559. The zero-order valence-corrected chi connectivity index (χ0v) is 21.2. The standard InChI is InChI=1S/C27H32B2O4/c1-19-18-20(14-16-28-30-24(2,3)25(4,5)31-28)22-12-10-11-13-23(22)21(19)15-17-29-32-26(6,7)27(8,9)33-29/h10-13,18H,1-9H3. The van der Waals surface area contributed by atoms with Gasteiger partial charge in [0.15, 0.2) is 0 Å². The Morgan fingerprint density at radius 3 is 1.55 bits per heavy atom. The molecule has 2 fully saturated rings. The fraction of sp³-hybridized carbons (Fsp3) is 0.481. The average Bonchev–Trinajstić information content (AvgIpc) is 3.04. The van der Waals surface area contributed by atoms with Gasteiger partial charge in [-0.3, -0.25) is 0 Å². The molecular weight excluding hydrogens is 410 g/mol. The molecule has 0 aromatic heterocycles. The summed E-state index contributed by atoms with van der Waals surface area (Å²) in [5.41, 5.74) is 1.32. The van der Waals surface area contributed by atoms with Crippen molar-refractivity contribution in [1.82, 2.24) is 0 Å². The van der Waals surface area contributed by atoms with Gasteiger partial charge in [0.05, 0.1) is 22.4 Å². The van der Waals surface area contributed by atoms with Gasteiger partial charge in [0, 0.05) is 11.1 Å². The van der Waals surface area contributed by atoms with Crippen LogP contribution in [-0.4, -0.2) is 36.6 Å². The summed E-state index contributed by atoms with van der Waals surface area (Å²) in [6.45, 7) is 18.3. The SMILES string of the molecule is Cc1cc(C#CB2OC(C)(C)C(C)(C)O2)c2ccccc2c1C#CB1OC(C)(C)C(C)(C)O1. The van der Waals surface area contributed by atoms with E-state index in [4.69, 9.17) is 18.6 Å². The molecule has 0 saturated carbocycles. The third-order valence-corrected chi connectivity index (χ3v) is 7.39. The summed E-state index contributed by atoms with van der Waals surface area (Å²) >= 11 is 0. The molecule has 2 aromatic carbocycles. The molecule has 0 N–H and O–H groups in total. The lowest BCUT2D eigenvalue weighted by molar-refractivity contribution is 0.00578. The monoisotopic (exact) mass is 442 g/mol. The van der Waals surface area contributed by atoms with Gasteiger partial charge in [-0.05, 0) is 84.7 Å². The summed E-state index contributed by atoms with van der Waals surface area (Å²) in [7, 11) is -1.12. The Labute approximate surface area is 199 Å². The molecule has 0 atom stereocenters. The Balaban J connectivity index is 1.68. The van der Waals surface area contributed by atoms with Crippen LogP contribution >= 0.6 is 0 Å². The molecule has 2 aliphatic rings. The van der Waals surface area contributed by atoms with Gasteiger partial charge in [0.2, 0.25) is 0 Å². The number of aryl methyl sites for hydroxylation is 1. The Bertz CT molecular complexity index is 1190. The molecule has 2 saturated heterocycles. The second-order valence-electron chi connectivity index (χ2n) is 10.9. The Hall–Kier alpha value is -2.21. The zero-order valence-electron chi connectivity index (χ0n) is 21.2. The molecule has 6 heteroatoms. The van der Waals surface area contributed by atoms with Crippen LogP contribution in [0.25, 0.3) is 10.8 Å². The van der Waals surface area contributed by atoms with Crippen molar-refractivity contribution in [2.45, 2.75) is 84.7 Å². The van der Waals surface area contributed by atoms with Crippen molar-refractivity contribution in [2.24, 2.45) is 0 Å². The van der Waals surface area contributed by atoms with Crippen LogP contribution in [0.2, 0.25) is 0 Å². The first-order valence-electron chi connectivity index (χ1n) is 11.5. The number of benzene rings is 2. The highest BCUT2D eigenvalue weighted by molar-refractivity contribution is 6.56. The van der Waals surface area contributed by atoms with Crippen LogP contribution in [0.5, 0.6) is 0 Å². The highest BCUT2D eigenvalue weighted by Crippen LogP contribution is 2.37. The number of rotatable bonds is 0. The van der Waals surface area contributed by atoms with Gasteiger partial charge in [-0.15, -0.1) is 0 Å². The van der Waals surface area contributed by atoms with Crippen LogP contribution in [-0.2, 0) is 18.6 Å². The minimum Gasteiger partial charge on any atom is -0.392 e. The predicted octanol–water partition coefficient (Wildman–Crippen LogP) is 5.11. The Kier molecular flexibility index (Phi) is 5.75. The molecule has 0 unspecified atom stereocenters. The van der Waals surface area contributed by atoms with E-state index in [1.165, 1.54) is 0 Å². The van der Waals surface area contributed by atoms with E-state index in [2.05, 4.69) is 48.6 Å². The van der Waals surface area contributed by atoms with Crippen molar-refractivity contribution in [2.75, 3.05) is 0 Å². The summed E-state index contributed by atoms with van der Waals surface area (Å²) in [6, 6.07) is 10.3. The van der Waals surface area contributed by atoms with Crippen LogP contribution in [0.15, 0.2) is 30.3 Å². The van der Waals surface area contributed by atoms with E-state index in [0.29, 0.717) is 0 Å². The lowest BCUT2D eigenvalue weighted by Gasteiger charge is -2.32. The molecule has 0 spiro atoms. The molecule has 2 aromatic rings. The molecule has 170 valence electrons. The van der Waals surface area contributed by atoms with E-state index in [1.807, 2.05) is 67.5 Å². The normalized spacial score (nSPS) is 22.0. The number of hydrogen-bond acceptors (Lipinski definition) is 4. The fourth-order valence-electron chi connectivity index (χ4n) is 3.86. The van der Waals surface area contributed by atoms with E-state index in [-0.39, 0.29) is 0 Å². The Morgan fingerprint density at radius 2 is 1.06 bits per heavy atom. The summed E-state index contributed by atoms with van der Waals surface area (Å²) in [4.78, 5) is 0. The maximum absolute atomic E-state index is 6.04. The van der Waals surface area contributed by atoms with Gasteiger partial charge >= 0.3 is 14.2 Å². The molecule has 2 heterocycles. The summed E-state index contributed by atoms with van der Waals surface area (Å²) < 4.78 is 24.2. The van der Waals surface area contributed by atoms with Gasteiger partial charge in [-0.1, -0.05) is 47.7 Å². The third-order valence-electron chi connectivity index (χ3n) is 7.39. The van der Waals surface area contributed by atoms with Gasteiger partial charge in [-0.2, -0.15) is 0 Å². The quantitative estimate of drug-likeness (QED) is 0.420. The van der Waals surface area contributed by atoms with Crippen molar-refractivity contribution in [1.29, 1.82) is 0 Å². The van der Waals surface area contributed by atoms with E-state index in [1.54, 1.807) is 0 Å². The van der Waals surface area contributed by atoms with Gasteiger partial charge < -0.3 is 18.6 Å². The van der Waals surface area contributed by atoms with Crippen molar-refractivity contribution < 1.29 is 18.6 Å². The minimum absolute atomic E-state index is 0.405. The molecule has 0 amide bonds. The first-order chi connectivity index (χ1) is 15.2. The van der Waals surface area contributed by atoms with E-state index >= 15 is 0 Å². The van der Waals surface area contributed by atoms with Crippen molar-refractivity contribution >= 4 is 25.0 Å². The van der Waals surface area contributed by atoms with Crippen molar-refractivity contribution in [3.63, 3.8) is 0 Å². The second kappa shape index (κ2) is 7.93. The summed E-state index contributed by atoms with van der Waals surface area (Å²) in [5.74, 6) is 13.0. The highest BCUT2D eigenvalue weighted by Gasteiger charge is 2.51. The third kappa shape index (κ3) is 4.34. The van der Waals surface area contributed by atoms with Crippen molar-refractivity contribution in [3.8, 4) is 23.5 Å². The first kappa shape index (κ1) is 23.9. The van der Waals surface area contributed by atoms with Gasteiger partial charge in [0.1, 0.15) is 0 Å². The van der Waals surface area contributed by atoms with E-state index in [0.717, 1.165) is 27.5 Å². The molecule has 0 radical (unpaired) electrons. The molecular formula is C27H32B2O4. The van der Waals surface area contributed by atoms with Crippen LogP contribution in [0.3, 0.4) is 0 Å². The van der Waals surface area contributed by atoms with Crippen molar-refractivity contribution in [3.05, 3.63) is 47.0 Å². The average molecular weight is 442 g/mol. The van der Waals surface area contributed by atoms with Crippen LogP contribution in [0.1, 0.15) is 72.1 Å². The van der Waals surface area contributed by atoms with Gasteiger partial charge in [-0.25, -0.2) is 0 Å². The molecule has 0 bridgehead atoms. The largest absolute Gasteiger partial charge is 0.551 e. The lowest BCUT2D eigenvalue weighted by atomic mass is 9.88. The summed E-state index contributed by atoms with van der Waals surface area (Å²) in [6.07, 6.45) is 0. The topological polar surface area (TPSA) is 36.9 Å². The number of fused-ring (bicyclic) bond motifs is 1. The molecule has 2 aliphatic heterocycles. The molecule has 33 heavy (non-hydrogen) atoms. The maximum atomic E-state index is 6.04. The molecule has 4 nitrogen and oxygen atoms in total. The smallest absolute Gasteiger partial charge is 0.392 e. The Morgan fingerprint density at radius 1 is 0.636 bits per heavy atom. The molecule has 4 rings (SSSR count). The zero-order chi connectivity index (χ0) is 24.2. The molecule has 0 aliphatic carbocycles.